The van der Waals surface area contributed by atoms with Crippen molar-refractivity contribution in [2.75, 3.05) is 6.54 Å². The first kappa shape index (κ1) is 22.5. The van der Waals surface area contributed by atoms with Gasteiger partial charge in [-0.1, -0.05) is 19.8 Å². The van der Waals surface area contributed by atoms with Gasteiger partial charge in [0.2, 0.25) is 17.7 Å². The van der Waals surface area contributed by atoms with Crippen molar-refractivity contribution < 1.29 is 28.5 Å². The molecule has 1 aliphatic rings. The van der Waals surface area contributed by atoms with Crippen LogP contribution in [0.1, 0.15) is 57.4 Å². The van der Waals surface area contributed by atoms with Crippen molar-refractivity contribution in [3.8, 4) is 0 Å². The van der Waals surface area contributed by atoms with Gasteiger partial charge in [0.05, 0.1) is 12.0 Å². The molecule has 4 N–H and O–H groups in total. The van der Waals surface area contributed by atoms with Crippen LogP contribution in [0.4, 0.5) is 0 Å². The second kappa shape index (κ2) is 10.7. The highest BCUT2D eigenvalue weighted by Gasteiger charge is 2.37. The van der Waals surface area contributed by atoms with Crippen LogP contribution < -0.4 is 11.4 Å². The topological polar surface area (TPSA) is 140 Å². The van der Waals surface area contributed by atoms with E-state index in [2.05, 4.69) is 14.3 Å². The molecule has 2 amide bonds. The fraction of sp³-hybridized carbons (Fsp3) is 0.526. The van der Waals surface area contributed by atoms with E-state index >= 15 is 0 Å². The number of nitrogens with two attached hydrogens (primary N) is 1. The Labute approximate surface area is 178 Å². The van der Waals surface area contributed by atoms with Crippen LogP contribution in [0, 0.1) is 5.92 Å². The van der Waals surface area contributed by atoms with Gasteiger partial charge in [0.15, 0.2) is 5.58 Å². The van der Waals surface area contributed by atoms with Crippen molar-refractivity contribution in [2.24, 2.45) is 11.8 Å². The molecule has 30 heavy (non-hydrogen) atoms. The van der Waals surface area contributed by atoms with Gasteiger partial charge in [0.25, 0.3) is 0 Å². The molecule has 0 unspecified atom stereocenters. The van der Waals surface area contributed by atoms with Crippen LogP contribution in [0.2, 0.25) is 0 Å². The Bertz CT molecular complexity index is 876. The third kappa shape index (κ3) is 5.29. The molecule has 3 rings (SSSR count). The molecule has 10 nitrogen and oxygen atoms in total. The van der Waals surface area contributed by atoms with Crippen LogP contribution in [0.25, 0.3) is 11.1 Å². The van der Waals surface area contributed by atoms with E-state index in [1.165, 1.54) is 0 Å². The Hall–Kier alpha value is -2.18. The van der Waals surface area contributed by atoms with E-state index in [-0.39, 0.29) is 18.4 Å². The lowest BCUT2D eigenvalue weighted by Crippen LogP contribution is -2.38. The summed E-state index contributed by atoms with van der Waals surface area (Å²) in [5.41, 5.74) is 2.87. The number of amides is 2. The molecule has 2 atom stereocenters. The second-order valence-electron chi connectivity index (χ2n) is 7.20. The van der Waals surface area contributed by atoms with E-state index in [0.717, 1.165) is 42.6 Å². The highest BCUT2D eigenvalue weighted by atomic mass is 32.2. The number of hydrogen-bond donors (Lipinski definition) is 3. The smallest absolute Gasteiger partial charge is 0.244 e. The van der Waals surface area contributed by atoms with Crippen molar-refractivity contribution >= 4 is 35.0 Å². The number of benzene rings is 1. The molecule has 1 saturated heterocycles. The van der Waals surface area contributed by atoms with Crippen molar-refractivity contribution in [3.05, 3.63) is 24.1 Å². The van der Waals surface area contributed by atoms with Crippen LogP contribution in [0.3, 0.4) is 0 Å². The van der Waals surface area contributed by atoms with Gasteiger partial charge >= 0.3 is 0 Å². The molecular formula is C19H26N4O6S. The minimum Gasteiger partial charge on any atom is -0.438 e. The van der Waals surface area contributed by atoms with Crippen LogP contribution in [0.15, 0.2) is 27.5 Å². The van der Waals surface area contributed by atoms with Gasteiger partial charge in [0.1, 0.15) is 11.6 Å². The van der Waals surface area contributed by atoms with Gasteiger partial charge in [-0.3, -0.25) is 14.8 Å². The first-order valence-electron chi connectivity index (χ1n) is 9.91. The summed E-state index contributed by atoms with van der Waals surface area (Å²) in [4.78, 5) is 36.1. The average molecular weight is 439 g/mol. The molecular weight excluding hydrogens is 412 g/mol. The minimum atomic E-state index is -0.559. The maximum absolute atomic E-state index is 13.2. The summed E-state index contributed by atoms with van der Waals surface area (Å²) in [5, 5.41) is 8.87. The summed E-state index contributed by atoms with van der Waals surface area (Å²) >= 11 is 0.950. The number of aromatic nitrogens is 1. The van der Waals surface area contributed by atoms with Crippen LogP contribution >= 0.6 is 12.0 Å². The van der Waals surface area contributed by atoms with Crippen molar-refractivity contribution in [1.82, 2.24) is 15.4 Å². The molecule has 0 aliphatic carbocycles. The molecule has 1 aliphatic heterocycles. The number of likely N-dealkylation sites (tertiary alicyclic amines) is 1. The van der Waals surface area contributed by atoms with Crippen molar-refractivity contribution in [2.45, 2.75) is 56.4 Å². The number of fused-ring (bicyclic) bond motifs is 1. The fourth-order valence-electron chi connectivity index (χ4n) is 3.73. The number of hydrogen-bond acceptors (Lipinski definition) is 9. The van der Waals surface area contributed by atoms with Gasteiger partial charge in [0, 0.05) is 23.8 Å². The first-order chi connectivity index (χ1) is 14.6. The molecule has 2 aromatic rings. The predicted octanol–water partition coefficient (Wildman–Crippen LogP) is 3.02. The lowest BCUT2D eigenvalue weighted by Gasteiger charge is -2.27. The van der Waals surface area contributed by atoms with E-state index < -0.39 is 11.8 Å². The van der Waals surface area contributed by atoms with Gasteiger partial charge in [-0.25, -0.2) is 10.5 Å². The Balaban J connectivity index is 1.79. The molecule has 2 heterocycles. The SMILES string of the molecule is CCCC[C@H](CC(=O)NO)C(=O)N1CCC[C@H]1c1nc2cc(SOON)ccc2o1. The van der Waals surface area contributed by atoms with Crippen LogP contribution in [0.5, 0.6) is 0 Å². The Kier molecular flexibility index (Phi) is 8.05. The van der Waals surface area contributed by atoms with Crippen LogP contribution in [-0.2, 0) is 18.9 Å². The largest absolute Gasteiger partial charge is 0.438 e. The van der Waals surface area contributed by atoms with Gasteiger partial charge in [-0.15, -0.1) is 9.32 Å². The number of nitrogens with one attached hydrogen (secondary N) is 1. The van der Waals surface area contributed by atoms with E-state index in [9.17, 15) is 9.59 Å². The molecule has 0 bridgehead atoms. The number of carbonyl (C=O) groups excluding carboxylic acids is 2. The van der Waals surface area contributed by atoms with Gasteiger partial charge in [-0.05, 0) is 37.5 Å². The Morgan fingerprint density at radius 3 is 3.07 bits per heavy atom. The Morgan fingerprint density at radius 2 is 2.33 bits per heavy atom. The predicted molar refractivity (Wildman–Crippen MR) is 107 cm³/mol. The maximum atomic E-state index is 13.2. The molecule has 0 spiro atoms. The quantitative estimate of drug-likeness (QED) is 0.221. The van der Waals surface area contributed by atoms with E-state index in [0.29, 0.717) is 30.0 Å². The summed E-state index contributed by atoms with van der Waals surface area (Å²) in [6, 6.07) is 5.05. The average Bonchev–Trinajstić information content (AvgIpc) is 3.40. The molecule has 1 aromatic heterocycles. The van der Waals surface area contributed by atoms with Gasteiger partial charge in [-0.2, -0.15) is 5.90 Å². The van der Waals surface area contributed by atoms with E-state index in [4.69, 9.17) is 15.5 Å². The van der Waals surface area contributed by atoms with E-state index in [1.807, 2.05) is 6.92 Å². The molecule has 164 valence electrons. The molecule has 0 saturated carbocycles. The lowest BCUT2D eigenvalue weighted by molar-refractivity contribution is -0.195. The van der Waals surface area contributed by atoms with Crippen LogP contribution in [-0.4, -0.2) is 33.5 Å². The normalized spacial score (nSPS) is 17.4. The second-order valence-corrected chi connectivity index (χ2v) is 7.97. The summed E-state index contributed by atoms with van der Waals surface area (Å²) < 4.78 is 10.6. The Morgan fingerprint density at radius 1 is 1.50 bits per heavy atom. The number of oxazole rings is 1. The standard InChI is InChI=1S/C19H26N4O6S/c1-2-3-5-12(10-17(24)22-26)19(25)23-9-4-6-15(23)18-21-14-11-13(30-29-28-20)7-8-16(14)27-18/h7-8,11-12,15,26H,2-6,9-10,20H2,1H3,(H,22,24)/t12-,15+/m1/s1. The number of hydroxylamine groups is 1. The van der Waals surface area contributed by atoms with E-state index in [1.54, 1.807) is 28.6 Å². The third-order valence-electron chi connectivity index (χ3n) is 5.18. The monoisotopic (exact) mass is 438 g/mol. The molecule has 1 aromatic carbocycles. The third-order valence-corrected chi connectivity index (χ3v) is 5.77. The van der Waals surface area contributed by atoms with Gasteiger partial charge < -0.3 is 9.32 Å². The zero-order valence-electron chi connectivity index (χ0n) is 16.7. The highest BCUT2D eigenvalue weighted by Crippen LogP contribution is 2.36. The lowest BCUT2D eigenvalue weighted by atomic mass is 9.96. The first-order valence-corrected chi connectivity index (χ1v) is 10.7. The maximum Gasteiger partial charge on any atom is 0.244 e. The highest BCUT2D eigenvalue weighted by molar-refractivity contribution is 7.94. The molecule has 11 heteroatoms. The van der Waals surface area contributed by atoms with Crippen molar-refractivity contribution in [1.29, 1.82) is 0 Å². The zero-order valence-corrected chi connectivity index (χ0v) is 17.5. The summed E-state index contributed by atoms with van der Waals surface area (Å²) in [6.45, 7) is 2.61. The number of nitrogens with zero attached hydrogens (tertiary/aromatic N) is 2. The molecule has 1 fully saturated rings. The minimum absolute atomic E-state index is 0.0457. The summed E-state index contributed by atoms with van der Waals surface area (Å²) in [6.07, 6.45) is 3.84. The number of rotatable bonds is 10. The zero-order chi connectivity index (χ0) is 21.5. The van der Waals surface area contributed by atoms with Crippen molar-refractivity contribution in [3.63, 3.8) is 0 Å². The number of unbranched alkanes of at least 4 members (excludes halogenated alkanes) is 1. The summed E-state index contributed by atoms with van der Waals surface area (Å²) in [7, 11) is 0. The summed E-state index contributed by atoms with van der Waals surface area (Å²) in [5.74, 6) is 4.17. The molecule has 0 radical (unpaired) electrons. The fourth-order valence-corrected chi connectivity index (χ4v) is 4.13. The number of carbonyl (C=O) groups is 2.